The van der Waals surface area contributed by atoms with E-state index in [0.717, 1.165) is 19.3 Å². The first kappa shape index (κ1) is 13.7. The van der Waals surface area contributed by atoms with Crippen LogP contribution >= 0.6 is 0 Å². The van der Waals surface area contributed by atoms with Crippen LogP contribution in [0.25, 0.3) is 0 Å². The quantitative estimate of drug-likeness (QED) is 0.548. The molecule has 1 rings (SSSR count). The highest BCUT2D eigenvalue weighted by atomic mass is 19.1. The molecular weight excluding hydrogens is 199 g/mol. The molecule has 0 heterocycles. The first-order chi connectivity index (χ1) is 7.62. The van der Waals surface area contributed by atoms with Crippen molar-refractivity contribution in [1.29, 1.82) is 0 Å². The fourth-order valence-corrected chi connectivity index (χ4v) is 3.10. The van der Waals surface area contributed by atoms with Gasteiger partial charge in [-0.05, 0) is 43.9 Å². The molecule has 1 atom stereocenters. The van der Waals surface area contributed by atoms with Gasteiger partial charge < -0.3 is 0 Å². The Morgan fingerprint density at radius 1 is 1.31 bits per heavy atom. The van der Waals surface area contributed by atoms with E-state index < -0.39 is 6.17 Å². The molecule has 0 bridgehead atoms. The van der Waals surface area contributed by atoms with E-state index in [1.165, 1.54) is 31.3 Å². The fourth-order valence-electron chi connectivity index (χ4n) is 3.10. The average Bonchev–Trinajstić information content (AvgIpc) is 2.44. The van der Waals surface area contributed by atoms with Gasteiger partial charge in [-0.1, -0.05) is 45.3 Å². The molecule has 1 heteroatoms. The van der Waals surface area contributed by atoms with Crippen molar-refractivity contribution in [2.24, 2.45) is 5.41 Å². The molecular formula is C15H27F. The second-order valence-electron chi connectivity index (χ2n) is 5.52. The summed E-state index contributed by atoms with van der Waals surface area (Å²) < 4.78 is 13.3. The topological polar surface area (TPSA) is 0 Å². The molecule has 0 aliphatic heterocycles. The third kappa shape index (κ3) is 3.61. The lowest BCUT2D eigenvalue weighted by molar-refractivity contribution is 0.310. The molecule has 0 aromatic carbocycles. The Hall–Kier alpha value is -0.330. The van der Waals surface area contributed by atoms with Crippen molar-refractivity contribution in [1.82, 2.24) is 0 Å². The van der Waals surface area contributed by atoms with Crippen LogP contribution in [0.15, 0.2) is 11.6 Å². The lowest BCUT2D eigenvalue weighted by atomic mass is 9.73. The van der Waals surface area contributed by atoms with Crippen molar-refractivity contribution < 1.29 is 4.39 Å². The summed E-state index contributed by atoms with van der Waals surface area (Å²) in [6.45, 7) is 6.89. The standard InChI is InChI=1S/C15H27F/c1-4-11-15(3,12-5-2)13-7-6-8-14(16)10-9-13/h9,14H,4-8,10-12H2,1-3H3. The Bertz CT molecular complexity index is 224. The second-order valence-corrected chi connectivity index (χ2v) is 5.52. The van der Waals surface area contributed by atoms with E-state index >= 15 is 0 Å². The van der Waals surface area contributed by atoms with Gasteiger partial charge in [-0.2, -0.15) is 0 Å². The van der Waals surface area contributed by atoms with E-state index in [-0.39, 0.29) is 0 Å². The molecule has 0 nitrogen and oxygen atoms in total. The van der Waals surface area contributed by atoms with E-state index in [9.17, 15) is 4.39 Å². The van der Waals surface area contributed by atoms with E-state index in [1.54, 1.807) is 0 Å². The van der Waals surface area contributed by atoms with Crippen LogP contribution in [0, 0.1) is 5.41 Å². The van der Waals surface area contributed by atoms with E-state index in [4.69, 9.17) is 0 Å². The summed E-state index contributed by atoms with van der Waals surface area (Å²) in [4.78, 5) is 0. The Balaban J connectivity index is 2.75. The maximum absolute atomic E-state index is 13.3. The molecule has 1 unspecified atom stereocenters. The van der Waals surface area contributed by atoms with Gasteiger partial charge in [-0.3, -0.25) is 0 Å². The van der Waals surface area contributed by atoms with Crippen molar-refractivity contribution in [2.75, 3.05) is 0 Å². The molecule has 1 aliphatic rings. The third-order valence-corrected chi connectivity index (χ3v) is 3.96. The average molecular weight is 226 g/mol. The minimum Gasteiger partial charge on any atom is -0.247 e. The van der Waals surface area contributed by atoms with Crippen LogP contribution in [0.3, 0.4) is 0 Å². The third-order valence-electron chi connectivity index (χ3n) is 3.96. The van der Waals surface area contributed by atoms with E-state index in [1.807, 2.05) is 0 Å². The van der Waals surface area contributed by atoms with Crippen LogP contribution in [0.1, 0.15) is 72.1 Å². The highest BCUT2D eigenvalue weighted by Crippen LogP contribution is 2.41. The molecule has 0 aromatic rings. The maximum Gasteiger partial charge on any atom is 0.104 e. The van der Waals surface area contributed by atoms with E-state index in [0.29, 0.717) is 11.8 Å². The normalized spacial score (nSPS) is 22.8. The van der Waals surface area contributed by atoms with Gasteiger partial charge in [-0.25, -0.2) is 4.39 Å². The Labute approximate surface area is 100 Å². The van der Waals surface area contributed by atoms with Gasteiger partial charge in [0.2, 0.25) is 0 Å². The number of halogens is 1. The van der Waals surface area contributed by atoms with Crippen LogP contribution in [0.2, 0.25) is 0 Å². The second kappa shape index (κ2) is 6.42. The largest absolute Gasteiger partial charge is 0.247 e. The van der Waals surface area contributed by atoms with Crippen molar-refractivity contribution in [3.05, 3.63) is 11.6 Å². The van der Waals surface area contributed by atoms with Gasteiger partial charge in [0.15, 0.2) is 0 Å². The smallest absolute Gasteiger partial charge is 0.104 e. The highest BCUT2D eigenvalue weighted by molar-refractivity contribution is 5.15. The van der Waals surface area contributed by atoms with Crippen LogP contribution < -0.4 is 0 Å². The van der Waals surface area contributed by atoms with Crippen molar-refractivity contribution in [2.45, 2.75) is 78.3 Å². The lowest BCUT2D eigenvalue weighted by Gasteiger charge is -2.32. The molecule has 0 aromatic heterocycles. The highest BCUT2D eigenvalue weighted by Gasteiger charge is 2.28. The van der Waals surface area contributed by atoms with Crippen molar-refractivity contribution in [3.8, 4) is 0 Å². The van der Waals surface area contributed by atoms with Gasteiger partial charge >= 0.3 is 0 Å². The fraction of sp³-hybridized carbons (Fsp3) is 0.867. The monoisotopic (exact) mass is 226 g/mol. The summed E-state index contributed by atoms with van der Waals surface area (Å²) >= 11 is 0. The van der Waals surface area contributed by atoms with Crippen LogP contribution in [0.4, 0.5) is 4.39 Å². The zero-order chi connectivity index (χ0) is 12.0. The summed E-state index contributed by atoms with van der Waals surface area (Å²) in [5.41, 5.74) is 1.88. The van der Waals surface area contributed by atoms with Gasteiger partial charge in [-0.15, -0.1) is 0 Å². The van der Waals surface area contributed by atoms with Crippen LogP contribution in [-0.2, 0) is 0 Å². The lowest BCUT2D eigenvalue weighted by Crippen LogP contribution is -2.19. The molecule has 94 valence electrons. The number of rotatable bonds is 5. The Kier molecular flexibility index (Phi) is 5.51. The molecule has 1 aliphatic carbocycles. The summed E-state index contributed by atoms with van der Waals surface area (Å²) in [5.74, 6) is 0. The number of allylic oxidation sites excluding steroid dienone is 2. The molecule has 0 N–H and O–H groups in total. The van der Waals surface area contributed by atoms with Gasteiger partial charge in [0, 0.05) is 0 Å². The minimum atomic E-state index is -0.593. The zero-order valence-electron chi connectivity index (χ0n) is 11.2. The number of hydrogen-bond acceptors (Lipinski definition) is 0. The summed E-state index contributed by atoms with van der Waals surface area (Å²) in [6, 6.07) is 0. The molecule has 0 radical (unpaired) electrons. The van der Waals surface area contributed by atoms with Crippen LogP contribution in [0.5, 0.6) is 0 Å². The molecule has 0 spiro atoms. The first-order valence-electron chi connectivity index (χ1n) is 6.96. The maximum atomic E-state index is 13.3. The SMILES string of the molecule is CCCC(C)(CCC)C1=CCC(F)CCC1. The van der Waals surface area contributed by atoms with Gasteiger partial charge in [0.1, 0.15) is 6.17 Å². The summed E-state index contributed by atoms with van der Waals surface area (Å²) in [5, 5.41) is 0. The number of alkyl halides is 1. The summed E-state index contributed by atoms with van der Waals surface area (Å²) in [7, 11) is 0. The minimum absolute atomic E-state index is 0.341. The Morgan fingerprint density at radius 2 is 1.94 bits per heavy atom. The predicted octanol–water partition coefficient (Wildman–Crippen LogP) is 5.43. The van der Waals surface area contributed by atoms with Crippen molar-refractivity contribution in [3.63, 3.8) is 0 Å². The molecule has 0 saturated heterocycles. The predicted molar refractivity (Wildman–Crippen MR) is 69.4 cm³/mol. The van der Waals surface area contributed by atoms with E-state index in [2.05, 4.69) is 26.8 Å². The van der Waals surface area contributed by atoms with Crippen molar-refractivity contribution >= 4 is 0 Å². The number of hydrogen-bond donors (Lipinski definition) is 0. The van der Waals surface area contributed by atoms with Gasteiger partial charge in [0.05, 0.1) is 0 Å². The Morgan fingerprint density at radius 3 is 2.50 bits per heavy atom. The molecule has 16 heavy (non-hydrogen) atoms. The molecule has 0 saturated carbocycles. The molecule has 0 fully saturated rings. The summed E-state index contributed by atoms with van der Waals surface area (Å²) in [6.07, 6.45) is 10.2. The zero-order valence-corrected chi connectivity index (χ0v) is 11.2. The first-order valence-corrected chi connectivity index (χ1v) is 6.96. The van der Waals surface area contributed by atoms with Gasteiger partial charge in [0.25, 0.3) is 0 Å². The molecule has 0 amide bonds. The van der Waals surface area contributed by atoms with Crippen LogP contribution in [-0.4, -0.2) is 6.17 Å².